The van der Waals surface area contributed by atoms with Crippen molar-refractivity contribution < 1.29 is 26.4 Å². The standard InChI is InChI=1S/C17H23ClF3N3O3S/c1-11(24(2)12-3-4-12)10-22-16(25)7-8-23-28(26,27)13-5-6-15(18)14(9-13)17(19,20)21/h5-6,9,11-12,23H,3-4,7-8,10H2,1-2H3,(H,22,25). The summed E-state index contributed by atoms with van der Waals surface area (Å²) in [4.78, 5) is 13.5. The Morgan fingerprint density at radius 3 is 2.57 bits per heavy atom. The van der Waals surface area contributed by atoms with Gasteiger partial charge in [0.1, 0.15) is 0 Å². The molecule has 0 heterocycles. The Morgan fingerprint density at radius 2 is 2.00 bits per heavy atom. The molecule has 0 radical (unpaired) electrons. The fourth-order valence-corrected chi connectivity index (χ4v) is 3.89. The van der Waals surface area contributed by atoms with E-state index in [4.69, 9.17) is 11.6 Å². The minimum Gasteiger partial charge on any atom is -0.355 e. The van der Waals surface area contributed by atoms with Gasteiger partial charge in [0.15, 0.2) is 0 Å². The molecule has 1 saturated carbocycles. The van der Waals surface area contributed by atoms with Crippen molar-refractivity contribution >= 4 is 27.5 Å². The lowest BCUT2D eigenvalue weighted by Gasteiger charge is -2.24. The van der Waals surface area contributed by atoms with E-state index >= 15 is 0 Å². The molecule has 1 unspecified atom stereocenters. The normalized spacial score (nSPS) is 16.2. The lowest BCUT2D eigenvalue weighted by molar-refractivity contribution is -0.137. The van der Waals surface area contributed by atoms with Gasteiger partial charge in [-0.3, -0.25) is 9.69 Å². The first-order valence-electron chi connectivity index (χ1n) is 8.77. The van der Waals surface area contributed by atoms with E-state index in [9.17, 15) is 26.4 Å². The first-order valence-corrected chi connectivity index (χ1v) is 10.6. The second-order valence-corrected chi connectivity index (χ2v) is 9.01. The van der Waals surface area contributed by atoms with Crippen LogP contribution < -0.4 is 10.0 Å². The molecule has 2 rings (SSSR count). The van der Waals surface area contributed by atoms with Crippen LogP contribution in [0.5, 0.6) is 0 Å². The third-order valence-corrected chi connectivity index (χ3v) is 6.40. The van der Waals surface area contributed by atoms with Gasteiger partial charge >= 0.3 is 6.18 Å². The molecule has 1 amide bonds. The molecule has 0 spiro atoms. The number of nitrogens with zero attached hydrogens (tertiary/aromatic N) is 1. The lowest BCUT2D eigenvalue weighted by atomic mass is 10.2. The molecule has 1 atom stereocenters. The summed E-state index contributed by atoms with van der Waals surface area (Å²) in [6, 6.07) is 3.04. The molecule has 1 fully saturated rings. The number of carbonyl (C=O) groups excluding carboxylic acids is 1. The van der Waals surface area contributed by atoms with Crippen LogP contribution in [0.4, 0.5) is 13.2 Å². The molecule has 1 aliphatic carbocycles. The Morgan fingerprint density at radius 1 is 1.36 bits per heavy atom. The Labute approximate surface area is 167 Å². The third-order valence-electron chi connectivity index (χ3n) is 4.61. The van der Waals surface area contributed by atoms with Crippen LogP contribution in [0.1, 0.15) is 31.7 Å². The van der Waals surface area contributed by atoms with Crippen molar-refractivity contribution in [1.82, 2.24) is 14.9 Å². The van der Waals surface area contributed by atoms with Gasteiger partial charge in [0.05, 0.1) is 15.5 Å². The largest absolute Gasteiger partial charge is 0.417 e. The Bertz CT molecular complexity index is 814. The van der Waals surface area contributed by atoms with Gasteiger partial charge in [0, 0.05) is 31.6 Å². The van der Waals surface area contributed by atoms with Crippen LogP contribution in [0.2, 0.25) is 5.02 Å². The van der Waals surface area contributed by atoms with Gasteiger partial charge in [-0.1, -0.05) is 11.6 Å². The highest BCUT2D eigenvalue weighted by atomic mass is 35.5. The molecule has 6 nitrogen and oxygen atoms in total. The van der Waals surface area contributed by atoms with E-state index < -0.39 is 31.7 Å². The summed E-state index contributed by atoms with van der Waals surface area (Å²) >= 11 is 5.49. The van der Waals surface area contributed by atoms with Crippen LogP contribution in [0, 0.1) is 0 Å². The molecule has 2 N–H and O–H groups in total. The first-order chi connectivity index (χ1) is 12.9. The van der Waals surface area contributed by atoms with Gasteiger partial charge in [0.2, 0.25) is 15.9 Å². The number of sulfonamides is 1. The molecule has 1 aliphatic rings. The number of hydrogen-bond acceptors (Lipinski definition) is 4. The molecule has 158 valence electrons. The number of benzene rings is 1. The zero-order chi connectivity index (χ0) is 21.1. The zero-order valence-corrected chi connectivity index (χ0v) is 17.1. The van der Waals surface area contributed by atoms with Crippen molar-refractivity contribution in [2.24, 2.45) is 0 Å². The first kappa shape index (κ1) is 22.9. The Balaban J connectivity index is 1.85. The topological polar surface area (TPSA) is 78.5 Å². The zero-order valence-electron chi connectivity index (χ0n) is 15.5. The second kappa shape index (κ2) is 8.98. The summed E-state index contributed by atoms with van der Waals surface area (Å²) in [5.74, 6) is -0.342. The number of amides is 1. The molecular formula is C17H23ClF3N3O3S. The summed E-state index contributed by atoms with van der Waals surface area (Å²) in [5.41, 5.74) is -1.23. The fourth-order valence-electron chi connectivity index (χ4n) is 2.61. The van der Waals surface area contributed by atoms with Gasteiger partial charge in [0.25, 0.3) is 0 Å². The van der Waals surface area contributed by atoms with E-state index in [2.05, 4.69) is 14.9 Å². The van der Waals surface area contributed by atoms with Crippen molar-refractivity contribution in [2.75, 3.05) is 20.1 Å². The van der Waals surface area contributed by atoms with E-state index in [1.54, 1.807) is 0 Å². The van der Waals surface area contributed by atoms with E-state index in [1.165, 1.54) is 0 Å². The summed E-state index contributed by atoms with van der Waals surface area (Å²) in [7, 11) is -2.21. The van der Waals surface area contributed by atoms with Crippen LogP contribution in [0.3, 0.4) is 0 Å². The highest BCUT2D eigenvalue weighted by Gasteiger charge is 2.34. The van der Waals surface area contributed by atoms with Crippen LogP contribution in [0.15, 0.2) is 23.1 Å². The van der Waals surface area contributed by atoms with E-state index in [1.807, 2.05) is 14.0 Å². The average molecular weight is 442 g/mol. The average Bonchev–Trinajstić information content (AvgIpc) is 3.43. The molecule has 0 saturated heterocycles. The number of carbonyl (C=O) groups is 1. The minimum atomic E-state index is -4.77. The van der Waals surface area contributed by atoms with Gasteiger partial charge in [-0.2, -0.15) is 13.2 Å². The maximum atomic E-state index is 12.9. The third kappa shape index (κ3) is 6.33. The van der Waals surface area contributed by atoms with Crippen molar-refractivity contribution in [3.05, 3.63) is 28.8 Å². The molecule has 11 heteroatoms. The fraction of sp³-hybridized carbons (Fsp3) is 0.588. The summed E-state index contributed by atoms with van der Waals surface area (Å²) in [5, 5.41) is 2.14. The molecule has 0 aliphatic heterocycles. The van der Waals surface area contributed by atoms with Crippen molar-refractivity contribution in [3.63, 3.8) is 0 Å². The monoisotopic (exact) mass is 441 g/mol. The summed E-state index contributed by atoms with van der Waals surface area (Å²) < 4.78 is 65.1. The smallest absolute Gasteiger partial charge is 0.355 e. The van der Waals surface area contributed by atoms with Gasteiger partial charge in [-0.25, -0.2) is 13.1 Å². The van der Waals surface area contributed by atoms with E-state index in [-0.39, 0.29) is 24.9 Å². The Hall–Kier alpha value is -1.36. The summed E-state index contributed by atoms with van der Waals surface area (Å²) in [6.07, 6.45) is -2.60. The number of alkyl halides is 3. The number of likely N-dealkylation sites (N-methyl/N-ethyl adjacent to an activating group) is 1. The van der Waals surface area contributed by atoms with Gasteiger partial charge in [-0.05, 0) is 45.0 Å². The maximum Gasteiger partial charge on any atom is 0.417 e. The van der Waals surface area contributed by atoms with Crippen LogP contribution in [-0.4, -0.2) is 51.4 Å². The van der Waals surface area contributed by atoms with Gasteiger partial charge < -0.3 is 5.32 Å². The molecule has 1 aromatic rings. The van der Waals surface area contributed by atoms with E-state index in [0.29, 0.717) is 18.7 Å². The molecule has 1 aromatic carbocycles. The second-order valence-electron chi connectivity index (χ2n) is 6.84. The van der Waals surface area contributed by atoms with Crippen molar-refractivity contribution in [2.45, 2.75) is 49.3 Å². The van der Waals surface area contributed by atoms with Crippen LogP contribution in [0.25, 0.3) is 0 Å². The SMILES string of the molecule is CC(CNC(=O)CCNS(=O)(=O)c1ccc(Cl)c(C(F)(F)F)c1)N(C)C1CC1. The highest BCUT2D eigenvalue weighted by molar-refractivity contribution is 7.89. The number of halogens is 4. The van der Waals surface area contributed by atoms with Crippen molar-refractivity contribution in [3.8, 4) is 0 Å². The number of rotatable bonds is 9. The number of nitrogens with one attached hydrogen (secondary N) is 2. The molecule has 0 bridgehead atoms. The number of hydrogen-bond donors (Lipinski definition) is 2. The van der Waals surface area contributed by atoms with Crippen LogP contribution in [-0.2, 0) is 21.0 Å². The predicted octanol–water partition coefficient (Wildman–Crippen LogP) is 2.63. The molecule has 28 heavy (non-hydrogen) atoms. The lowest BCUT2D eigenvalue weighted by Crippen LogP contribution is -2.41. The summed E-state index contributed by atoms with van der Waals surface area (Å²) in [6.45, 7) is 2.19. The van der Waals surface area contributed by atoms with Crippen molar-refractivity contribution in [1.29, 1.82) is 0 Å². The molecular weight excluding hydrogens is 419 g/mol. The van der Waals surface area contributed by atoms with Gasteiger partial charge in [-0.15, -0.1) is 0 Å². The predicted molar refractivity (Wildman–Crippen MR) is 99.5 cm³/mol. The highest BCUT2D eigenvalue weighted by Crippen LogP contribution is 2.35. The minimum absolute atomic E-state index is 0.126. The Kier molecular flexibility index (Phi) is 7.35. The quantitative estimate of drug-likeness (QED) is 0.617. The maximum absolute atomic E-state index is 12.9. The molecule has 0 aromatic heterocycles. The van der Waals surface area contributed by atoms with Crippen LogP contribution >= 0.6 is 11.6 Å². The van der Waals surface area contributed by atoms with E-state index in [0.717, 1.165) is 25.0 Å².